The number of nitrogens with zero attached hydrogens (tertiary/aromatic N) is 6. The highest BCUT2D eigenvalue weighted by Gasteiger charge is 2.23. The Labute approximate surface area is 215 Å². The zero-order valence-electron chi connectivity index (χ0n) is 19.8. The minimum atomic E-state index is -0.926. The van der Waals surface area contributed by atoms with Crippen molar-refractivity contribution in [1.29, 1.82) is 0 Å². The smallest absolute Gasteiger partial charge is 0.148 e. The molecule has 1 N–H and O–H groups in total. The Hall–Kier alpha value is -3.34. The van der Waals surface area contributed by atoms with Crippen LogP contribution < -0.4 is 4.74 Å². The number of aromatic nitrogens is 6. The summed E-state index contributed by atoms with van der Waals surface area (Å²) >= 11 is 6.74. The van der Waals surface area contributed by atoms with Crippen molar-refractivity contribution in [3.63, 3.8) is 0 Å². The van der Waals surface area contributed by atoms with Crippen LogP contribution in [0.25, 0.3) is 33.3 Å². The summed E-state index contributed by atoms with van der Waals surface area (Å²) in [6.45, 7) is 3.51. The number of aryl methyl sites for hydroxylation is 1. The van der Waals surface area contributed by atoms with Gasteiger partial charge in [-0.05, 0) is 44.0 Å². The lowest BCUT2D eigenvalue weighted by atomic mass is 10.1. The molecule has 1 aliphatic heterocycles. The van der Waals surface area contributed by atoms with Crippen LogP contribution in [0.4, 0.5) is 0 Å². The van der Waals surface area contributed by atoms with Gasteiger partial charge in [-0.2, -0.15) is 5.10 Å². The van der Waals surface area contributed by atoms with E-state index in [1.54, 1.807) is 24.7 Å². The Morgan fingerprint density at radius 3 is 2.72 bits per heavy atom. The second kappa shape index (κ2) is 9.27. The van der Waals surface area contributed by atoms with Gasteiger partial charge < -0.3 is 9.72 Å². The van der Waals surface area contributed by atoms with Crippen LogP contribution in [0, 0.1) is 6.92 Å². The zero-order chi connectivity index (χ0) is 24.8. The van der Waals surface area contributed by atoms with Crippen molar-refractivity contribution in [2.45, 2.75) is 25.8 Å². The van der Waals surface area contributed by atoms with E-state index in [1.165, 1.54) is 0 Å². The molecule has 11 heteroatoms. The van der Waals surface area contributed by atoms with Gasteiger partial charge in [0.2, 0.25) is 0 Å². The normalized spacial score (nSPS) is 16.1. The summed E-state index contributed by atoms with van der Waals surface area (Å²) in [6.07, 6.45) is 9.06. The molecular weight excluding hydrogens is 498 g/mol. The van der Waals surface area contributed by atoms with Gasteiger partial charge >= 0.3 is 0 Å². The highest BCUT2D eigenvalue weighted by Crippen LogP contribution is 2.36. The molecule has 0 spiro atoms. The van der Waals surface area contributed by atoms with Gasteiger partial charge in [0.1, 0.15) is 27.9 Å². The number of rotatable bonds is 5. The molecule has 1 saturated heterocycles. The van der Waals surface area contributed by atoms with Crippen LogP contribution in [0.5, 0.6) is 11.5 Å². The number of H-pyrrole nitrogens is 1. The number of imidazole rings is 1. The fourth-order valence-electron chi connectivity index (χ4n) is 4.58. The van der Waals surface area contributed by atoms with E-state index in [0.717, 1.165) is 48.4 Å². The monoisotopic (exact) mass is 521 g/mol. The lowest BCUT2D eigenvalue weighted by molar-refractivity contribution is 0.270. The van der Waals surface area contributed by atoms with Crippen molar-refractivity contribution in [1.82, 2.24) is 34.0 Å². The van der Waals surface area contributed by atoms with E-state index in [0.29, 0.717) is 33.2 Å². The average molecular weight is 522 g/mol. The number of aromatic amines is 1. The molecule has 184 valence electrons. The Kier molecular flexibility index (Phi) is 5.94. The number of hydrogen-bond acceptors (Lipinski definition) is 6. The van der Waals surface area contributed by atoms with Crippen molar-refractivity contribution in [2.24, 2.45) is 0 Å². The molecule has 0 aliphatic carbocycles. The van der Waals surface area contributed by atoms with Crippen molar-refractivity contribution < 1.29 is 8.95 Å². The molecule has 0 radical (unpaired) electrons. The third-order valence-corrected chi connectivity index (χ3v) is 7.93. The SMILES string of the molecule is Cc1nc2ccc(Oc3ccc4ncc(-c5cnn(C6CCN(S(C)=O)CC6)c5)nc4c3Cl)cc2[nH]1. The highest BCUT2D eigenvalue weighted by atomic mass is 35.5. The molecule has 0 bridgehead atoms. The number of hydrogen-bond donors (Lipinski definition) is 1. The van der Waals surface area contributed by atoms with E-state index in [-0.39, 0.29) is 6.04 Å². The lowest BCUT2D eigenvalue weighted by Crippen LogP contribution is -2.35. The fraction of sp³-hybridized carbons (Fsp3) is 0.280. The Morgan fingerprint density at radius 2 is 1.92 bits per heavy atom. The van der Waals surface area contributed by atoms with Crippen LogP contribution in [-0.2, 0) is 11.0 Å². The van der Waals surface area contributed by atoms with Gasteiger partial charge in [0.05, 0.1) is 51.7 Å². The number of fused-ring (bicyclic) bond motifs is 2. The molecule has 1 fully saturated rings. The molecule has 1 unspecified atom stereocenters. The van der Waals surface area contributed by atoms with Crippen LogP contribution in [-0.4, -0.2) is 57.6 Å². The van der Waals surface area contributed by atoms with Crippen LogP contribution in [0.1, 0.15) is 24.7 Å². The molecule has 36 heavy (non-hydrogen) atoms. The zero-order valence-corrected chi connectivity index (χ0v) is 21.4. The van der Waals surface area contributed by atoms with Crippen molar-refractivity contribution >= 4 is 44.7 Å². The Morgan fingerprint density at radius 1 is 1.11 bits per heavy atom. The molecule has 3 aromatic heterocycles. The first-order valence-corrected chi connectivity index (χ1v) is 13.6. The first kappa shape index (κ1) is 23.1. The van der Waals surface area contributed by atoms with Crippen molar-refractivity contribution in [3.8, 4) is 22.8 Å². The largest absolute Gasteiger partial charge is 0.456 e. The van der Waals surface area contributed by atoms with Gasteiger partial charge in [0.15, 0.2) is 0 Å². The van der Waals surface area contributed by atoms with Crippen LogP contribution in [0.3, 0.4) is 0 Å². The van der Waals surface area contributed by atoms with Gasteiger partial charge in [-0.15, -0.1) is 0 Å². The molecule has 4 heterocycles. The van der Waals surface area contributed by atoms with E-state index in [2.05, 4.69) is 20.1 Å². The second-order valence-electron chi connectivity index (χ2n) is 8.90. The lowest BCUT2D eigenvalue weighted by Gasteiger charge is -2.29. The minimum Gasteiger partial charge on any atom is -0.456 e. The standard InChI is InChI=1S/C25H24ClN7O2S/c1-15-29-19-4-3-18(11-21(19)30-15)35-23-6-5-20-25(24(23)26)31-22(13-27-20)16-12-28-33(14-16)17-7-9-32(10-8-17)36(2)34/h3-6,11-14,17H,7-10H2,1-2H3,(H,29,30). The van der Waals surface area contributed by atoms with E-state index < -0.39 is 11.0 Å². The molecule has 2 aromatic carbocycles. The third-order valence-electron chi connectivity index (χ3n) is 6.48. The van der Waals surface area contributed by atoms with Crippen molar-refractivity contribution in [2.75, 3.05) is 19.3 Å². The van der Waals surface area contributed by atoms with Gasteiger partial charge in [0.25, 0.3) is 0 Å². The molecule has 5 aromatic rings. The predicted molar refractivity (Wildman–Crippen MR) is 141 cm³/mol. The quantitative estimate of drug-likeness (QED) is 0.347. The van der Waals surface area contributed by atoms with E-state index in [1.807, 2.05) is 46.4 Å². The Balaban J connectivity index is 1.26. The molecule has 0 saturated carbocycles. The summed E-state index contributed by atoms with van der Waals surface area (Å²) in [7, 11) is -0.926. The first-order valence-electron chi connectivity index (χ1n) is 11.7. The maximum Gasteiger partial charge on any atom is 0.148 e. The number of ether oxygens (including phenoxy) is 1. The van der Waals surface area contributed by atoms with E-state index in [4.69, 9.17) is 21.3 Å². The maximum atomic E-state index is 11.7. The summed E-state index contributed by atoms with van der Waals surface area (Å²) in [5, 5.41) is 4.98. The topological polar surface area (TPSA) is 102 Å². The third kappa shape index (κ3) is 4.36. The summed E-state index contributed by atoms with van der Waals surface area (Å²) in [5.74, 6) is 2.00. The molecular formula is C25H24ClN7O2S. The van der Waals surface area contributed by atoms with Crippen LogP contribution >= 0.6 is 11.6 Å². The van der Waals surface area contributed by atoms with Gasteiger partial charge in [-0.25, -0.2) is 18.5 Å². The molecule has 9 nitrogen and oxygen atoms in total. The van der Waals surface area contributed by atoms with E-state index >= 15 is 0 Å². The summed E-state index contributed by atoms with van der Waals surface area (Å²) in [5.41, 5.74) is 4.59. The second-order valence-corrected chi connectivity index (χ2v) is 10.6. The summed E-state index contributed by atoms with van der Waals surface area (Å²) in [6, 6.07) is 9.59. The highest BCUT2D eigenvalue weighted by molar-refractivity contribution is 7.81. The van der Waals surface area contributed by atoms with Crippen molar-refractivity contribution in [3.05, 3.63) is 59.8 Å². The van der Waals surface area contributed by atoms with Crippen LogP contribution in [0.15, 0.2) is 48.9 Å². The number of halogens is 1. The molecule has 1 aliphatic rings. The van der Waals surface area contributed by atoms with Gasteiger partial charge in [0, 0.05) is 37.2 Å². The molecule has 6 rings (SSSR count). The predicted octanol–water partition coefficient (Wildman–Crippen LogP) is 5.05. The maximum absolute atomic E-state index is 11.7. The fourth-order valence-corrected chi connectivity index (χ4v) is 5.55. The average Bonchev–Trinajstić information content (AvgIpc) is 3.52. The first-order chi connectivity index (χ1) is 17.4. The summed E-state index contributed by atoms with van der Waals surface area (Å²) < 4.78 is 21.8. The van der Waals surface area contributed by atoms with E-state index in [9.17, 15) is 4.21 Å². The number of piperidine rings is 1. The number of benzene rings is 2. The number of nitrogens with one attached hydrogen (secondary N) is 1. The van der Waals surface area contributed by atoms with Crippen LogP contribution in [0.2, 0.25) is 5.02 Å². The molecule has 1 atom stereocenters. The Bertz CT molecular complexity index is 1610. The summed E-state index contributed by atoms with van der Waals surface area (Å²) in [4.78, 5) is 17.0. The van der Waals surface area contributed by atoms with Gasteiger partial charge in [-0.1, -0.05) is 11.6 Å². The minimum absolute atomic E-state index is 0.270. The molecule has 0 amide bonds. The van der Waals surface area contributed by atoms with Gasteiger partial charge in [-0.3, -0.25) is 9.67 Å².